The Hall–Kier alpha value is -2.46. The highest BCUT2D eigenvalue weighted by atomic mass is 16.5. The van der Waals surface area contributed by atoms with Crippen molar-refractivity contribution in [1.82, 2.24) is 4.90 Å². The first-order chi connectivity index (χ1) is 13.7. The van der Waals surface area contributed by atoms with Crippen LogP contribution >= 0.6 is 0 Å². The Kier molecular flexibility index (Phi) is 5.58. The first-order valence-corrected chi connectivity index (χ1v) is 10.1. The lowest BCUT2D eigenvalue weighted by Crippen LogP contribution is -2.34. The van der Waals surface area contributed by atoms with Crippen molar-refractivity contribution < 1.29 is 14.3 Å². The molecule has 4 nitrogen and oxygen atoms in total. The van der Waals surface area contributed by atoms with Crippen molar-refractivity contribution in [2.45, 2.75) is 32.2 Å². The van der Waals surface area contributed by atoms with Crippen LogP contribution in [0.5, 0.6) is 5.75 Å². The topological polar surface area (TPSA) is 46.6 Å². The van der Waals surface area contributed by atoms with Gasteiger partial charge in [0.1, 0.15) is 5.75 Å². The number of ether oxygens (including phenoxy) is 1. The van der Waals surface area contributed by atoms with Gasteiger partial charge in [0.05, 0.1) is 12.7 Å². The van der Waals surface area contributed by atoms with Crippen molar-refractivity contribution >= 4 is 12.1 Å². The van der Waals surface area contributed by atoms with E-state index in [9.17, 15) is 9.59 Å². The minimum absolute atomic E-state index is 0.0484. The molecular formula is C24H27NO3. The first-order valence-electron chi connectivity index (χ1n) is 10.1. The van der Waals surface area contributed by atoms with Gasteiger partial charge in [0, 0.05) is 18.0 Å². The molecule has 1 saturated heterocycles. The third-order valence-corrected chi connectivity index (χ3v) is 6.26. The van der Waals surface area contributed by atoms with Crippen molar-refractivity contribution in [2.24, 2.45) is 11.8 Å². The average molecular weight is 377 g/mol. The number of piperidine rings is 1. The number of ketones is 1. The van der Waals surface area contributed by atoms with Crippen LogP contribution in [-0.4, -0.2) is 37.2 Å². The number of hydrogen-bond acceptors (Lipinski definition) is 4. The van der Waals surface area contributed by atoms with Gasteiger partial charge < -0.3 is 4.74 Å². The molecule has 1 fully saturated rings. The summed E-state index contributed by atoms with van der Waals surface area (Å²) >= 11 is 0. The Bertz CT molecular complexity index is 854. The van der Waals surface area contributed by atoms with Crippen LogP contribution in [0.25, 0.3) is 0 Å². The average Bonchev–Trinajstić information content (AvgIpc) is 3.03. The Labute approximate surface area is 166 Å². The summed E-state index contributed by atoms with van der Waals surface area (Å²) in [6.45, 7) is 3.20. The second-order valence-corrected chi connectivity index (χ2v) is 8.08. The fourth-order valence-corrected chi connectivity index (χ4v) is 4.70. The highest BCUT2D eigenvalue weighted by molar-refractivity contribution is 6.03. The van der Waals surface area contributed by atoms with Crippen molar-refractivity contribution in [1.29, 1.82) is 0 Å². The summed E-state index contributed by atoms with van der Waals surface area (Å²) in [4.78, 5) is 26.6. The molecule has 0 spiro atoms. The maximum Gasteiger partial charge on any atom is 0.166 e. The van der Waals surface area contributed by atoms with Gasteiger partial charge in [-0.1, -0.05) is 30.3 Å². The van der Waals surface area contributed by atoms with Crippen LogP contribution in [0, 0.1) is 11.8 Å². The van der Waals surface area contributed by atoms with Gasteiger partial charge in [0.25, 0.3) is 0 Å². The second kappa shape index (κ2) is 8.27. The van der Waals surface area contributed by atoms with E-state index < -0.39 is 0 Å². The summed E-state index contributed by atoms with van der Waals surface area (Å²) in [6, 6.07) is 14.2. The minimum atomic E-state index is 0.0484. The zero-order chi connectivity index (χ0) is 19.5. The van der Waals surface area contributed by atoms with E-state index in [-0.39, 0.29) is 11.7 Å². The molecule has 1 heterocycles. The lowest BCUT2D eigenvalue weighted by atomic mass is 9.85. The summed E-state index contributed by atoms with van der Waals surface area (Å²) in [7, 11) is 1.56. The van der Waals surface area contributed by atoms with Crippen molar-refractivity contribution in [3.63, 3.8) is 0 Å². The molecule has 146 valence electrons. The molecule has 4 rings (SSSR count). The Morgan fingerprint density at radius 3 is 2.57 bits per heavy atom. The standard InChI is InChI=1S/C24H27NO3/c1-28-23-14-19-12-20(24(27)22(19)13-21(23)16-26)11-17-7-9-25(10-8-17)15-18-5-3-2-4-6-18/h2-6,13-14,16-17,20H,7-12,15H2,1H3. The van der Waals surface area contributed by atoms with Crippen molar-refractivity contribution in [3.05, 3.63) is 64.7 Å². The van der Waals surface area contributed by atoms with Gasteiger partial charge in [-0.3, -0.25) is 14.5 Å². The molecule has 2 aliphatic rings. The predicted octanol–water partition coefficient (Wildman–Crippen LogP) is 4.17. The van der Waals surface area contributed by atoms with Crippen molar-refractivity contribution in [2.75, 3.05) is 20.2 Å². The van der Waals surface area contributed by atoms with Crippen LogP contribution < -0.4 is 4.74 Å². The quantitative estimate of drug-likeness (QED) is 0.709. The lowest BCUT2D eigenvalue weighted by molar-refractivity contribution is 0.0895. The van der Waals surface area contributed by atoms with Crippen molar-refractivity contribution in [3.8, 4) is 5.75 Å². The molecule has 0 aromatic heterocycles. The normalized spacial score (nSPS) is 20.2. The second-order valence-electron chi connectivity index (χ2n) is 8.08. The van der Waals surface area contributed by atoms with Gasteiger partial charge in [-0.25, -0.2) is 0 Å². The summed E-state index contributed by atoms with van der Waals surface area (Å²) < 4.78 is 5.29. The SMILES string of the molecule is COc1cc2c(cc1C=O)C(=O)C(CC1CCN(Cc3ccccc3)CC1)C2. The van der Waals surface area contributed by atoms with Gasteiger partial charge in [0.15, 0.2) is 12.1 Å². The summed E-state index contributed by atoms with van der Waals surface area (Å²) in [5, 5.41) is 0. The predicted molar refractivity (Wildman–Crippen MR) is 109 cm³/mol. The molecule has 0 saturated carbocycles. The van der Waals surface area contributed by atoms with E-state index in [0.717, 1.165) is 62.7 Å². The van der Waals surface area contributed by atoms with E-state index in [0.29, 0.717) is 17.2 Å². The molecule has 1 unspecified atom stereocenters. The molecule has 2 aromatic carbocycles. The highest BCUT2D eigenvalue weighted by Gasteiger charge is 2.34. The minimum Gasteiger partial charge on any atom is -0.496 e. The molecule has 28 heavy (non-hydrogen) atoms. The molecule has 0 N–H and O–H groups in total. The van der Waals surface area contributed by atoms with Crippen LogP contribution in [0.1, 0.15) is 51.1 Å². The van der Waals surface area contributed by atoms with Gasteiger partial charge in [-0.05, 0) is 68.0 Å². The number of methoxy groups -OCH3 is 1. The number of rotatable bonds is 6. The molecule has 0 bridgehead atoms. The largest absolute Gasteiger partial charge is 0.496 e. The molecule has 1 atom stereocenters. The first kappa shape index (κ1) is 18.9. The van der Waals surface area contributed by atoms with Gasteiger partial charge in [-0.15, -0.1) is 0 Å². The molecule has 0 amide bonds. The van der Waals surface area contributed by atoms with Gasteiger partial charge in [-0.2, -0.15) is 0 Å². The zero-order valence-corrected chi connectivity index (χ0v) is 16.4. The number of benzene rings is 2. The van der Waals surface area contributed by atoms with E-state index in [4.69, 9.17) is 4.74 Å². The maximum atomic E-state index is 12.9. The van der Waals surface area contributed by atoms with Crippen LogP contribution in [0.2, 0.25) is 0 Å². The molecule has 0 radical (unpaired) electrons. The molecule has 1 aliphatic carbocycles. The number of aldehydes is 1. The summed E-state index contributed by atoms with van der Waals surface area (Å²) in [5.74, 6) is 1.42. The summed E-state index contributed by atoms with van der Waals surface area (Å²) in [5.41, 5.74) is 3.57. The fourth-order valence-electron chi connectivity index (χ4n) is 4.70. The number of fused-ring (bicyclic) bond motifs is 1. The molecular weight excluding hydrogens is 350 g/mol. The number of carbonyl (C=O) groups is 2. The van der Waals surface area contributed by atoms with E-state index in [1.165, 1.54) is 5.56 Å². The Balaban J connectivity index is 1.34. The van der Waals surface area contributed by atoms with E-state index in [1.807, 2.05) is 6.07 Å². The Morgan fingerprint density at radius 2 is 1.89 bits per heavy atom. The fraction of sp³-hybridized carbons (Fsp3) is 0.417. The van der Waals surface area contributed by atoms with E-state index in [1.54, 1.807) is 13.2 Å². The smallest absolute Gasteiger partial charge is 0.166 e. The lowest BCUT2D eigenvalue weighted by Gasteiger charge is -2.32. The van der Waals surface area contributed by atoms with E-state index >= 15 is 0 Å². The van der Waals surface area contributed by atoms with Crippen LogP contribution in [0.3, 0.4) is 0 Å². The van der Waals surface area contributed by atoms with Gasteiger partial charge >= 0.3 is 0 Å². The van der Waals surface area contributed by atoms with Crippen LogP contribution in [-0.2, 0) is 13.0 Å². The highest BCUT2D eigenvalue weighted by Crippen LogP contribution is 2.36. The van der Waals surface area contributed by atoms with Gasteiger partial charge in [0.2, 0.25) is 0 Å². The van der Waals surface area contributed by atoms with E-state index in [2.05, 4.69) is 35.2 Å². The number of carbonyl (C=O) groups excluding carboxylic acids is 2. The number of Topliss-reactive ketones (excluding diaryl/α,β-unsaturated/α-hetero) is 1. The third kappa shape index (κ3) is 3.88. The Morgan fingerprint density at radius 1 is 1.14 bits per heavy atom. The number of nitrogens with zero attached hydrogens (tertiary/aromatic N) is 1. The molecule has 2 aromatic rings. The molecule has 1 aliphatic heterocycles. The monoisotopic (exact) mass is 377 g/mol. The number of hydrogen-bond donors (Lipinski definition) is 0. The maximum absolute atomic E-state index is 12.9. The third-order valence-electron chi connectivity index (χ3n) is 6.26. The number of likely N-dealkylation sites (tertiary alicyclic amines) is 1. The van der Waals surface area contributed by atoms with Crippen LogP contribution in [0.4, 0.5) is 0 Å². The van der Waals surface area contributed by atoms with Crippen LogP contribution in [0.15, 0.2) is 42.5 Å². The summed E-state index contributed by atoms with van der Waals surface area (Å²) in [6.07, 6.45) is 4.78. The zero-order valence-electron chi connectivity index (χ0n) is 16.4. The molecule has 4 heteroatoms.